The fourth-order valence-corrected chi connectivity index (χ4v) is 4.46. The molecule has 2 aliphatic heterocycles. The van der Waals surface area contributed by atoms with Crippen molar-refractivity contribution < 1.29 is 33.3 Å². The Bertz CT molecular complexity index is 962. The van der Waals surface area contributed by atoms with Crippen LogP contribution in [0, 0.1) is 5.92 Å². The molecule has 1 saturated heterocycles. The number of esters is 2. The zero-order chi connectivity index (χ0) is 25.4. The molecule has 0 saturated carbocycles. The highest BCUT2D eigenvalue weighted by molar-refractivity contribution is 5.95. The SMILES string of the molecule is CCOC(=O)C1=C(CN2CCC[C@@H](C(=O)OCC)C2)NC(=O)N[C@@H]1c1ccc(OCC)c(OC)c1. The van der Waals surface area contributed by atoms with Crippen molar-refractivity contribution >= 4 is 18.0 Å². The predicted molar refractivity (Wildman–Crippen MR) is 128 cm³/mol. The normalized spacial score (nSPS) is 20.5. The van der Waals surface area contributed by atoms with E-state index >= 15 is 0 Å². The first kappa shape index (κ1) is 26.3. The predicted octanol–water partition coefficient (Wildman–Crippen LogP) is 2.54. The molecule has 3 rings (SSSR count). The van der Waals surface area contributed by atoms with Crippen LogP contribution >= 0.6 is 0 Å². The number of likely N-dealkylation sites (tertiary alicyclic amines) is 1. The lowest BCUT2D eigenvalue weighted by atomic mass is 9.93. The molecule has 1 aromatic carbocycles. The number of nitrogens with zero attached hydrogens (tertiary/aromatic N) is 1. The fraction of sp³-hybridized carbons (Fsp3) is 0.560. The summed E-state index contributed by atoms with van der Waals surface area (Å²) in [5.41, 5.74) is 1.43. The molecule has 0 aromatic heterocycles. The standard InChI is InChI=1S/C25H35N3O7/c1-5-33-19-11-10-16(13-20(19)32-4)22-21(24(30)35-7-3)18(26-25(31)27-22)15-28-12-8-9-17(14-28)23(29)34-6-2/h10-11,13,17,22H,5-9,12,14-15H2,1-4H3,(H2,26,27,31)/t17-,22-/m1/s1. The van der Waals surface area contributed by atoms with Gasteiger partial charge in [-0.2, -0.15) is 0 Å². The third-order valence-electron chi connectivity index (χ3n) is 5.98. The first-order chi connectivity index (χ1) is 16.9. The number of methoxy groups -OCH3 is 1. The highest BCUT2D eigenvalue weighted by Crippen LogP contribution is 2.35. The van der Waals surface area contributed by atoms with Gasteiger partial charge in [0.05, 0.1) is 44.5 Å². The lowest BCUT2D eigenvalue weighted by molar-refractivity contribution is -0.150. The van der Waals surface area contributed by atoms with E-state index in [1.165, 1.54) is 7.11 Å². The van der Waals surface area contributed by atoms with E-state index in [-0.39, 0.29) is 18.5 Å². The average molecular weight is 490 g/mol. The molecule has 2 heterocycles. The molecule has 0 bridgehead atoms. The Balaban J connectivity index is 1.95. The Kier molecular flexibility index (Phi) is 9.36. The lowest BCUT2D eigenvalue weighted by Gasteiger charge is -2.35. The number of nitrogens with one attached hydrogen (secondary N) is 2. The zero-order valence-electron chi connectivity index (χ0n) is 20.8. The second-order valence-corrected chi connectivity index (χ2v) is 8.31. The van der Waals surface area contributed by atoms with E-state index in [1.54, 1.807) is 32.0 Å². The van der Waals surface area contributed by atoms with Crippen molar-refractivity contribution in [2.75, 3.05) is 46.6 Å². The average Bonchev–Trinajstić information content (AvgIpc) is 2.84. The zero-order valence-corrected chi connectivity index (χ0v) is 20.8. The van der Waals surface area contributed by atoms with Crippen LogP contribution in [0.1, 0.15) is 45.2 Å². The van der Waals surface area contributed by atoms with Crippen LogP contribution in [-0.4, -0.2) is 69.4 Å². The number of hydrogen-bond acceptors (Lipinski definition) is 8. The van der Waals surface area contributed by atoms with Crippen LogP contribution in [0.25, 0.3) is 0 Å². The highest BCUT2D eigenvalue weighted by Gasteiger charge is 2.36. The van der Waals surface area contributed by atoms with E-state index in [0.29, 0.717) is 54.6 Å². The fourth-order valence-electron chi connectivity index (χ4n) is 4.46. The minimum absolute atomic E-state index is 0.192. The van der Waals surface area contributed by atoms with Crippen molar-refractivity contribution in [2.45, 2.75) is 39.7 Å². The minimum Gasteiger partial charge on any atom is -0.493 e. The highest BCUT2D eigenvalue weighted by atomic mass is 16.5. The molecule has 0 spiro atoms. The molecule has 2 amide bonds. The molecular formula is C25H35N3O7. The second-order valence-electron chi connectivity index (χ2n) is 8.31. The number of piperidine rings is 1. The van der Waals surface area contributed by atoms with Gasteiger partial charge in [-0.1, -0.05) is 6.07 Å². The first-order valence-electron chi connectivity index (χ1n) is 12.1. The van der Waals surface area contributed by atoms with Crippen LogP contribution in [0.3, 0.4) is 0 Å². The number of carbonyl (C=O) groups excluding carboxylic acids is 3. The number of amides is 2. The minimum atomic E-state index is -0.743. The van der Waals surface area contributed by atoms with Crippen LogP contribution in [-0.2, 0) is 19.1 Å². The van der Waals surface area contributed by atoms with Crippen LogP contribution in [0.15, 0.2) is 29.5 Å². The van der Waals surface area contributed by atoms with Gasteiger partial charge in [0.15, 0.2) is 11.5 Å². The summed E-state index contributed by atoms with van der Waals surface area (Å²) < 4.78 is 21.6. The molecule has 10 nitrogen and oxygen atoms in total. The van der Waals surface area contributed by atoms with Crippen LogP contribution in [0.4, 0.5) is 4.79 Å². The monoisotopic (exact) mass is 489 g/mol. The lowest BCUT2D eigenvalue weighted by Crippen LogP contribution is -2.50. The Morgan fingerprint density at radius 1 is 1.09 bits per heavy atom. The third kappa shape index (κ3) is 6.45. The van der Waals surface area contributed by atoms with Gasteiger partial charge in [-0.25, -0.2) is 9.59 Å². The van der Waals surface area contributed by atoms with Crippen molar-refractivity contribution in [1.82, 2.24) is 15.5 Å². The molecule has 2 atom stereocenters. The van der Waals surface area contributed by atoms with E-state index in [4.69, 9.17) is 18.9 Å². The van der Waals surface area contributed by atoms with E-state index in [2.05, 4.69) is 15.5 Å². The number of urea groups is 1. The van der Waals surface area contributed by atoms with Gasteiger partial charge in [-0.15, -0.1) is 0 Å². The molecule has 35 heavy (non-hydrogen) atoms. The molecule has 0 aliphatic carbocycles. The Morgan fingerprint density at radius 2 is 1.86 bits per heavy atom. The smallest absolute Gasteiger partial charge is 0.338 e. The maximum absolute atomic E-state index is 13.1. The first-order valence-corrected chi connectivity index (χ1v) is 12.1. The van der Waals surface area contributed by atoms with Gasteiger partial charge in [0.2, 0.25) is 0 Å². The molecule has 2 aliphatic rings. The van der Waals surface area contributed by atoms with Crippen LogP contribution in [0.2, 0.25) is 0 Å². The van der Waals surface area contributed by atoms with Gasteiger partial charge in [0.25, 0.3) is 0 Å². The van der Waals surface area contributed by atoms with E-state index in [0.717, 1.165) is 19.4 Å². The summed E-state index contributed by atoms with van der Waals surface area (Å²) in [5.74, 6) is 0.0886. The summed E-state index contributed by atoms with van der Waals surface area (Å²) in [6, 6.07) is 4.12. The van der Waals surface area contributed by atoms with Gasteiger partial charge in [-0.05, 0) is 57.9 Å². The van der Waals surface area contributed by atoms with Crippen molar-refractivity contribution in [3.8, 4) is 11.5 Å². The second kappa shape index (κ2) is 12.4. The number of ether oxygens (including phenoxy) is 4. The molecule has 0 radical (unpaired) electrons. The summed E-state index contributed by atoms with van der Waals surface area (Å²) in [5, 5.41) is 5.64. The molecule has 10 heteroatoms. The number of rotatable bonds is 10. The molecule has 1 aromatic rings. The topological polar surface area (TPSA) is 115 Å². The van der Waals surface area contributed by atoms with Crippen molar-refractivity contribution in [3.63, 3.8) is 0 Å². The summed E-state index contributed by atoms with van der Waals surface area (Å²) in [6.45, 7) is 7.92. The summed E-state index contributed by atoms with van der Waals surface area (Å²) in [4.78, 5) is 40.1. The number of carbonyl (C=O) groups is 3. The van der Waals surface area contributed by atoms with Crippen molar-refractivity contribution in [2.24, 2.45) is 5.92 Å². The Morgan fingerprint density at radius 3 is 2.54 bits per heavy atom. The van der Waals surface area contributed by atoms with Gasteiger partial charge in [0.1, 0.15) is 0 Å². The summed E-state index contributed by atoms with van der Waals surface area (Å²) >= 11 is 0. The van der Waals surface area contributed by atoms with E-state index in [1.807, 2.05) is 6.92 Å². The summed E-state index contributed by atoms with van der Waals surface area (Å²) in [7, 11) is 1.53. The van der Waals surface area contributed by atoms with E-state index in [9.17, 15) is 14.4 Å². The van der Waals surface area contributed by atoms with Crippen LogP contribution in [0.5, 0.6) is 11.5 Å². The van der Waals surface area contributed by atoms with Crippen molar-refractivity contribution in [1.29, 1.82) is 0 Å². The molecule has 1 fully saturated rings. The Labute approximate surface area is 205 Å². The number of hydrogen-bond donors (Lipinski definition) is 2. The maximum Gasteiger partial charge on any atom is 0.338 e. The molecule has 0 unspecified atom stereocenters. The molecule has 192 valence electrons. The van der Waals surface area contributed by atoms with Crippen LogP contribution < -0.4 is 20.1 Å². The third-order valence-corrected chi connectivity index (χ3v) is 5.98. The molecular weight excluding hydrogens is 454 g/mol. The number of benzene rings is 1. The maximum atomic E-state index is 13.1. The quantitative estimate of drug-likeness (QED) is 0.482. The van der Waals surface area contributed by atoms with Crippen molar-refractivity contribution in [3.05, 3.63) is 35.0 Å². The Hall–Kier alpha value is -3.27. The van der Waals surface area contributed by atoms with Gasteiger partial charge >= 0.3 is 18.0 Å². The van der Waals surface area contributed by atoms with E-state index < -0.39 is 18.0 Å². The largest absolute Gasteiger partial charge is 0.493 e. The van der Waals surface area contributed by atoms with Gasteiger partial charge in [0, 0.05) is 18.8 Å². The molecule has 2 N–H and O–H groups in total. The van der Waals surface area contributed by atoms with Gasteiger partial charge in [-0.3, -0.25) is 9.69 Å². The summed E-state index contributed by atoms with van der Waals surface area (Å²) in [6.07, 6.45) is 1.57. The van der Waals surface area contributed by atoms with Gasteiger partial charge < -0.3 is 29.6 Å².